The highest BCUT2D eigenvalue weighted by Crippen LogP contribution is 2.13. The second kappa shape index (κ2) is 11.5. The topological polar surface area (TPSA) is 20.2 Å². The third-order valence-electron chi connectivity index (χ3n) is 2.57. The van der Waals surface area contributed by atoms with Gasteiger partial charge in [0.15, 0.2) is 0 Å². The van der Waals surface area contributed by atoms with Crippen LogP contribution in [0.1, 0.15) is 64.7 Å². The van der Waals surface area contributed by atoms with Gasteiger partial charge in [0.05, 0.1) is 6.61 Å². The number of alkyl halides is 1. The molecule has 2 heteroatoms. The predicted molar refractivity (Wildman–Crippen MR) is 67.0 cm³/mol. The summed E-state index contributed by atoms with van der Waals surface area (Å²) in [6.45, 7) is 2.53. The maximum Gasteiger partial charge on any atom is 0.0556 e. The van der Waals surface area contributed by atoms with Crippen LogP contribution < -0.4 is 0 Å². The molecule has 0 aromatic heterocycles. The lowest BCUT2D eigenvalue weighted by molar-refractivity contribution is 0.290. The summed E-state index contributed by atoms with van der Waals surface area (Å²) < 4.78 is 0. The predicted octanol–water partition coefficient (Wildman–Crippen LogP) is 4.27. The fourth-order valence-electron chi connectivity index (χ4n) is 1.59. The molecule has 0 aromatic carbocycles. The van der Waals surface area contributed by atoms with E-state index in [4.69, 9.17) is 5.11 Å². The molecule has 0 radical (unpaired) electrons. The number of hydrogen-bond donors (Lipinski definition) is 1. The number of aliphatic hydroxyl groups is 1. The first-order chi connectivity index (χ1) is 6.81. The van der Waals surface area contributed by atoms with E-state index < -0.39 is 0 Å². The van der Waals surface area contributed by atoms with Crippen molar-refractivity contribution in [1.29, 1.82) is 0 Å². The highest BCUT2D eigenvalue weighted by Gasteiger charge is 2.00. The van der Waals surface area contributed by atoms with E-state index in [2.05, 4.69) is 22.9 Å². The molecule has 0 amide bonds. The van der Waals surface area contributed by atoms with E-state index in [0.717, 1.165) is 6.42 Å². The molecular formula is C12H25BrO. The van der Waals surface area contributed by atoms with Crippen molar-refractivity contribution in [2.45, 2.75) is 69.5 Å². The Morgan fingerprint density at radius 1 is 0.929 bits per heavy atom. The minimum absolute atomic E-state index is 0.274. The molecule has 14 heavy (non-hydrogen) atoms. The third kappa shape index (κ3) is 10.5. The lowest BCUT2D eigenvalue weighted by atomic mass is 10.1. The summed E-state index contributed by atoms with van der Waals surface area (Å²) in [4.78, 5) is 0.322. The lowest BCUT2D eigenvalue weighted by Crippen LogP contribution is -2.02. The molecule has 1 N–H and O–H groups in total. The molecule has 0 aliphatic heterocycles. The fraction of sp³-hybridized carbons (Fsp3) is 1.00. The molecule has 0 unspecified atom stereocenters. The first-order valence-corrected chi connectivity index (χ1v) is 6.97. The van der Waals surface area contributed by atoms with Gasteiger partial charge in [0, 0.05) is 4.83 Å². The molecule has 0 saturated carbocycles. The molecular weight excluding hydrogens is 240 g/mol. The molecule has 0 saturated heterocycles. The number of unbranched alkanes of at least 4 members (excludes halogenated alkanes) is 7. The summed E-state index contributed by atoms with van der Waals surface area (Å²) in [5.74, 6) is 0. The van der Waals surface area contributed by atoms with Crippen LogP contribution in [0.4, 0.5) is 0 Å². The van der Waals surface area contributed by atoms with Crippen LogP contribution in [0.5, 0.6) is 0 Å². The Balaban J connectivity index is 2.92. The molecule has 0 fully saturated rings. The zero-order valence-corrected chi connectivity index (χ0v) is 11.1. The molecule has 0 bridgehead atoms. The van der Waals surface area contributed by atoms with Gasteiger partial charge >= 0.3 is 0 Å². The Kier molecular flexibility index (Phi) is 11.9. The van der Waals surface area contributed by atoms with Gasteiger partial charge in [-0.3, -0.25) is 0 Å². The maximum atomic E-state index is 8.79. The summed E-state index contributed by atoms with van der Waals surface area (Å²) in [6, 6.07) is 0. The van der Waals surface area contributed by atoms with Gasteiger partial charge in [-0.25, -0.2) is 0 Å². The van der Waals surface area contributed by atoms with Gasteiger partial charge in [-0.1, -0.05) is 74.2 Å². The van der Waals surface area contributed by atoms with Crippen LogP contribution in [0.3, 0.4) is 0 Å². The number of aliphatic hydroxyl groups excluding tert-OH is 1. The largest absolute Gasteiger partial charge is 0.395 e. The Morgan fingerprint density at radius 2 is 1.43 bits per heavy atom. The normalized spacial score (nSPS) is 13.1. The van der Waals surface area contributed by atoms with Crippen molar-refractivity contribution in [1.82, 2.24) is 0 Å². The molecule has 86 valence electrons. The Hall–Kier alpha value is 0.440. The van der Waals surface area contributed by atoms with Gasteiger partial charge in [0.1, 0.15) is 0 Å². The van der Waals surface area contributed by atoms with Crippen LogP contribution >= 0.6 is 15.9 Å². The third-order valence-corrected chi connectivity index (χ3v) is 3.32. The fourth-order valence-corrected chi connectivity index (χ4v) is 1.91. The molecule has 0 heterocycles. The van der Waals surface area contributed by atoms with E-state index in [0.29, 0.717) is 4.83 Å². The zero-order valence-electron chi connectivity index (χ0n) is 9.47. The van der Waals surface area contributed by atoms with Gasteiger partial charge in [0.2, 0.25) is 0 Å². The van der Waals surface area contributed by atoms with Crippen LogP contribution in [-0.2, 0) is 0 Å². The summed E-state index contributed by atoms with van der Waals surface area (Å²) >= 11 is 3.43. The van der Waals surface area contributed by atoms with Crippen LogP contribution in [0.2, 0.25) is 0 Å². The van der Waals surface area contributed by atoms with Crippen molar-refractivity contribution < 1.29 is 5.11 Å². The molecule has 0 aromatic rings. The number of halogens is 1. The van der Waals surface area contributed by atoms with Crippen molar-refractivity contribution in [2.75, 3.05) is 6.61 Å². The standard InChI is InChI=1S/C12H25BrO/c1-2-3-4-5-6-7-8-9-10-12(13)11-14/h12,14H,2-11H2,1H3/t12-/m0/s1. The van der Waals surface area contributed by atoms with Gasteiger partial charge in [-0.2, -0.15) is 0 Å². The second-order valence-corrected chi connectivity index (χ2v) is 5.34. The molecule has 0 aliphatic carbocycles. The van der Waals surface area contributed by atoms with E-state index in [9.17, 15) is 0 Å². The van der Waals surface area contributed by atoms with Crippen LogP contribution in [0, 0.1) is 0 Å². The number of hydrogen-bond acceptors (Lipinski definition) is 1. The highest BCUT2D eigenvalue weighted by atomic mass is 79.9. The molecule has 0 aliphatic rings. The maximum absolute atomic E-state index is 8.79. The van der Waals surface area contributed by atoms with E-state index in [1.807, 2.05) is 0 Å². The quantitative estimate of drug-likeness (QED) is 0.462. The smallest absolute Gasteiger partial charge is 0.0556 e. The summed E-state index contributed by atoms with van der Waals surface area (Å²) in [5.41, 5.74) is 0. The van der Waals surface area contributed by atoms with Crippen molar-refractivity contribution in [3.05, 3.63) is 0 Å². The Bertz CT molecular complexity index is 106. The summed E-state index contributed by atoms with van der Waals surface area (Å²) in [7, 11) is 0. The second-order valence-electron chi connectivity index (χ2n) is 4.04. The monoisotopic (exact) mass is 264 g/mol. The molecule has 0 spiro atoms. The van der Waals surface area contributed by atoms with Crippen LogP contribution in [0.15, 0.2) is 0 Å². The Labute approximate surface area is 97.4 Å². The average Bonchev–Trinajstić information content (AvgIpc) is 2.21. The van der Waals surface area contributed by atoms with Crippen LogP contribution in [0.25, 0.3) is 0 Å². The van der Waals surface area contributed by atoms with Crippen molar-refractivity contribution in [3.8, 4) is 0 Å². The first-order valence-electron chi connectivity index (χ1n) is 6.06. The molecule has 1 nitrogen and oxygen atoms in total. The number of rotatable bonds is 10. The molecule has 1 atom stereocenters. The summed E-state index contributed by atoms with van der Waals surface area (Å²) in [6.07, 6.45) is 12.0. The minimum Gasteiger partial charge on any atom is -0.395 e. The SMILES string of the molecule is CCCCCCCCCC[C@H](Br)CO. The first kappa shape index (κ1) is 14.4. The zero-order chi connectivity index (χ0) is 10.6. The van der Waals surface area contributed by atoms with Crippen molar-refractivity contribution >= 4 is 15.9 Å². The van der Waals surface area contributed by atoms with E-state index in [1.54, 1.807) is 0 Å². The lowest BCUT2D eigenvalue weighted by Gasteiger charge is -2.05. The van der Waals surface area contributed by atoms with Gasteiger partial charge in [0.25, 0.3) is 0 Å². The Morgan fingerprint density at radius 3 is 1.93 bits per heavy atom. The van der Waals surface area contributed by atoms with E-state index >= 15 is 0 Å². The van der Waals surface area contributed by atoms with Gasteiger partial charge in [-0.15, -0.1) is 0 Å². The van der Waals surface area contributed by atoms with E-state index in [-0.39, 0.29) is 6.61 Å². The van der Waals surface area contributed by atoms with Crippen LogP contribution in [-0.4, -0.2) is 16.5 Å². The average molecular weight is 265 g/mol. The van der Waals surface area contributed by atoms with Gasteiger partial charge in [-0.05, 0) is 6.42 Å². The van der Waals surface area contributed by atoms with Gasteiger partial charge < -0.3 is 5.11 Å². The molecule has 0 rings (SSSR count). The highest BCUT2D eigenvalue weighted by molar-refractivity contribution is 9.09. The van der Waals surface area contributed by atoms with E-state index in [1.165, 1.54) is 51.4 Å². The van der Waals surface area contributed by atoms with Crippen molar-refractivity contribution in [2.24, 2.45) is 0 Å². The van der Waals surface area contributed by atoms with Crippen molar-refractivity contribution in [3.63, 3.8) is 0 Å². The summed E-state index contributed by atoms with van der Waals surface area (Å²) in [5, 5.41) is 8.79. The minimum atomic E-state index is 0.274.